The summed E-state index contributed by atoms with van der Waals surface area (Å²) < 4.78 is 5.27. The van der Waals surface area contributed by atoms with Gasteiger partial charge in [-0.3, -0.25) is 14.5 Å². The highest BCUT2D eigenvalue weighted by molar-refractivity contribution is 6.35. The Hall–Kier alpha value is -1.14. The smallest absolute Gasteiger partial charge is 0.309 e. The molecular formula is C15H27N3O3. The Morgan fingerprint density at radius 1 is 1.14 bits per heavy atom. The first kappa shape index (κ1) is 16.2. The highest BCUT2D eigenvalue weighted by Crippen LogP contribution is 2.23. The summed E-state index contributed by atoms with van der Waals surface area (Å²) in [5.41, 5.74) is 0. The van der Waals surface area contributed by atoms with Crippen LogP contribution >= 0.6 is 0 Å². The van der Waals surface area contributed by atoms with Gasteiger partial charge in [-0.15, -0.1) is 0 Å². The monoisotopic (exact) mass is 297 g/mol. The van der Waals surface area contributed by atoms with Gasteiger partial charge in [0.1, 0.15) is 0 Å². The number of carbonyl (C=O) groups is 2. The van der Waals surface area contributed by atoms with Crippen molar-refractivity contribution < 1.29 is 14.3 Å². The fourth-order valence-corrected chi connectivity index (χ4v) is 3.00. The van der Waals surface area contributed by atoms with E-state index < -0.39 is 11.8 Å². The molecule has 1 saturated heterocycles. The van der Waals surface area contributed by atoms with Crippen LogP contribution in [0.3, 0.4) is 0 Å². The molecule has 0 bridgehead atoms. The lowest BCUT2D eigenvalue weighted by atomic mass is 9.86. The van der Waals surface area contributed by atoms with Crippen molar-refractivity contribution in [2.24, 2.45) is 5.92 Å². The van der Waals surface area contributed by atoms with Gasteiger partial charge in [0.05, 0.1) is 13.2 Å². The largest absolute Gasteiger partial charge is 0.379 e. The summed E-state index contributed by atoms with van der Waals surface area (Å²) in [5.74, 6) is -0.541. The minimum Gasteiger partial charge on any atom is -0.379 e. The van der Waals surface area contributed by atoms with E-state index in [1.807, 2.05) is 0 Å². The molecule has 2 amide bonds. The Morgan fingerprint density at radius 2 is 1.86 bits per heavy atom. The van der Waals surface area contributed by atoms with Crippen molar-refractivity contribution in [3.05, 3.63) is 0 Å². The van der Waals surface area contributed by atoms with Gasteiger partial charge >= 0.3 is 11.8 Å². The minimum atomic E-state index is -0.513. The van der Waals surface area contributed by atoms with Gasteiger partial charge in [-0.25, -0.2) is 0 Å². The molecule has 0 spiro atoms. The van der Waals surface area contributed by atoms with Crippen molar-refractivity contribution in [3.8, 4) is 0 Å². The topological polar surface area (TPSA) is 70.7 Å². The van der Waals surface area contributed by atoms with Crippen LogP contribution in [-0.4, -0.2) is 62.1 Å². The zero-order valence-corrected chi connectivity index (χ0v) is 12.9. The first-order valence-electron chi connectivity index (χ1n) is 8.05. The molecule has 0 radical (unpaired) electrons. The molecule has 21 heavy (non-hydrogen) atoms. The third-order valence-corrected chi connectivity index (χ3v) is 4.45. The number of carbonyl (C=O) groups excluding carboxylic acids is 2. The average molecular weight is 297 g/mol. The molecule has 1 aliphatic carbocycles. The average Bonchev–Trinajstić information content (AvgIpc) is 2.50. The van der Waals surface area contributed by atoms with E-state index in [2.05, 4.69) is 22.5 Å². The molecule has 0 aromatic carbocycles. The fraction of sp³-hybridized carbons (Fsp3) is 0.867. The van der Waals surface area contributed by atoms with E-state index in [1.165, 1.54) is 6.42 Å². The van der Waals surface area contributed by atoms with Crippen molar-refractivity contribution in [3.63, 3.8) is 0 Å². The highest BCUT2D eigenvalue weighted by atomic mass is 16.5. The Labute approximate surface area is 126 Å². The van der Waals surface area contributed by atoms with E-state index in [4.69, 9.17) is 4.74 Å². The molecule has 6 heteroatoms. The maximum Gasteiger partial charge on any atom is 0.309 e. The van der Waals surface area contributed by atoms with Crippen LogP contribution in [0.1, 0.15) is 32.6 Å². The summed E-state index contributed by atoms with van der Waals surface area (Å²) in [6.07, 6.45) is 4.46. The Kier molecular flexibility index (Phi) is 6.45. The molecular weight excluding hydrogens is 270 g/mol. The molecule has 2 rings (SSSR count). The van der Waals surface area contributed by atoms with Gasteiger partial charge in [-0.1, -0.05) is 19.8 Å². The Morgan fingerprint density at radius 3 is 2.57 bits per heavy atom. The molecule has 2 aliphatic rings. The van der Waals surface area contributed by atoms with Crippen LogP contribution in [0.5, 0.6) is 0 Å². The van der Waals surface area contributed by atoms with Crippen LogP contribution in [0.4, 0.5) is 0 Å². The number of rotatable bonds is 4. The van der Waals surface area contributed by atoms with Crippen molar-refractivity contribution in [1.29, 1.82) is 0 Å². The molecule has 2 unspecified atom stereocenters. The molecule has 2 atom stereocenters. The Balaban J connectivity index is 1.63. The lowest BCUT2D eigenvalue weighted by molar-refractivity contribution is -0.140. The van der Waals surface area contributed by atoms with Gasteiger partial charge in [0, 0.05) is 32.2 Å². The van der Waals surface area contributed by atoms with Crippen molar-refractivity contribution >= 4 is 11.8 Å². The van der Waals surface area contributed by atoms with E-state index in [0.717, 1.165) is 52.1 Å². The molecule has 0 aromatic rings. The van der Waals surface area contributed by atoms with Gasteiger partial charge in [-0.05, 0) is 18.8 Å². The summed E-state index contributed by atoms with van der Waals surface area (Å²) >= 11 is 0. The Bertz CT molecular complexity index is 356. The number of hydrogen-bond acceptors (Lipinski definition) is 4. The van der Waals surface area contributed by atoms with Gasteiger partial charge in [0.15, 0.2) is 0 Å². The SMILES string of the molecule is CC1CCCCC1NC(=O)C(=O)NCCN1CCOCC1. The molecule has 1 aliphatic heterocycles. The summed E-state index contributed by atoms with van der Waals surface area (Å²) in [4.78, 5) is 25.9. The normalized spacial score (nSPS) is 27.1. The molecule has 2 N–H and O–H groups in total. The number of ether oxygens (including phenoxy) is 1. The molecule has 120 valence electrons. The predicted octanol–water partition coefficient (Wildman–Crippen LogP) is 0.130. The lowest BCUT2D eigenvalue weighted by Crippen LogP contribution is -2.49. The van der Waals surface area contributed by atoms with E-state index in [-0.39, 0.29) is 6.04 Å². The van der Waals surface area contributed by atoms with Gasteiger partial charge in [-0.2, -0.15) is 0 Å². The second-order valence-electron chi connectivity index (χ2n) is 6.05. The molecule has 2 fully saturated rings. The van der Waals surface area contributed by atoms with Crippen molar-refractivity contribution in [1.82, 2.24) is 15.5 Å². The van der Waals surface area contributed by atoms with Crippen molar-refractivity contribution in [2.75, 3.05) is 39.4 Å². The summed E-state index contributed by atoms with van der Waals surface area (Å²) in [6.45, 7) is 6.68. The third kappa shape index (κ3) is 5.28. The quantitative estimate of drug-likeness (QED) is 0.724. The van der Waals surface area contributed by atoms with E-state index in [1.54, 1.807) is 0 Å². The maximum absolute atomic E-state index is 11.9. The van der Waals surface area contributed by atoms with Crippen molar-refractivity contribution in [2.45, 2.75) is 38.6 Å². The second-order valence-corrected chi connectivity index (χ2v) is 6.05. The second kappa shape index (κ2) is 8.34. The molecule has 6 nitrogen and oxygen atoms in total. The minimum absolute atomic E-state index is 0.149. The zero-order valence-electron chi connectivity index (χ0n) is 12.9. The van der Waals surface area contributed by atoms with Gasteiger partial charge in [0.25, 0.3) is 0 Å². The van der Waals surface area contributed by atoms with Crippen LogP contribution < -0.4 is 10.6 Å². The fourth-order valence-electron chi connectivity index (χ4n) is 3.00. The van der Waals surface area contributed by atoms with Crippen LogP contribution in [0.15, 0.2) is 0 Å². The molecule has 1 heterocycles. The van der Waals surface area contributed by atoms with Crippen LogP contribution in [0.2, 0.25) is 0 Å². The number of amides is 2. The molecule has 0 aromatic heterocycles. The lowest BCUT2D eigenvalue weighted by Gasteiger charge is -2.29. The number of nitrogens with zero attached hydrogens (tertiary/aromatic N) is 1. The number of morpholine rings is 1. The van der Waals surface area contributed by atoms with Crippen LogP contribution in [0.25, 0.3) is 0 Å². The highest BCUT2D eigenvalue weighted by Gasteiger charge is 2.25. The molecule has 1 saturated carbocycles. The summed E-state index contributed by atoms with van der Waals surface area (Å²) in [7, 11) is 0. The van der Waals surface area contributed by atoms with Gasteiger partial charge < -0.3 is 15.4 Å². The summed E-state index contributed by atoms with van der Waals surface area (Å²) in [5, 5.41) is 5.57. The number of nitrogens with one attached hydrogen (secondary N) is 2. The zero-order chi connectivity index (χ0) is 15.1. The summed E-state index contributed by atoms with van der Waals surface area (Å²) in [6, 6.07) is 0.149. The van der Waals surface area contributed by atoms with E-state index in [0.29, 0.717) is 12.5 Å². The first-order valence-corrected chi connectivity index (χ1v) is 8.05. The third-order valence-electron chi connectivity index (χ3n) is 4.45. The van der Waals surface area contributed by atoms with Gasteiger partial charge in [0.2, 0.25) is 0 Å². The maximum atomic E-state index is 11.9. The van der Waals surface area contributed by atoms with Crippen LogP contribution in [-0.2, 0) is 14.3 Å². The number of hydrogen-bond donors (Lipinski definition) is 2. The van der Waals surface area contributed by atoms with E-state index >= 15 is 0 Å². The van der Waals surface area contributed by atoms with Crippen LogP contribution in [0, 0.1) is 5.92 Å². The first-order chi connectivity index (χ1) is 10.2. The predicted molar refractivity (Wildman–Crippen MR) is 79.8 cm³/mol. The van der Waals surface area contributed by atoms with E-state index in [9.17, 15) is 9.59 Å². The standard InChI is InChI=1S/C15H27N3O3/c1-12-4-2-3-5-13(12)17-15(20)14(19)16-6-7-18-8-10-21-11-9-18/h12-13H,2-11H2,1H3,(H,16,19)(H,17,20).